The maximum atomic E-state index is 15.7. The standard InChI is InChI=1S/C52H58O8/c1-33(2)17-16-28-50(9)40(24-22-34(3)4)32-51(29-26-35(5)6)45(54)43(46(55)52(50,49(51)58)30-27-36(7)8)44(53)39-23-25-41(59-47(56)37-18-12-10-13-19-37)42(31-39)60-48(57)38-20-14-11-15-21-38/h10-15,17-23,25-27,31,40,53H,16,24,28-30,32H2,1-9H3/t40-,50+,51-,52+/m0/s1. The second kappa shape index (κ2) is 18.6. The van der Waals surface area contributed by atoms with E-state index < -0.39 is 56.9 Å². The molecule has 0 heterocycles. The van der Waals surface area contributed by atoms with Crippen LogP contribution in [0.2, 0.25) is 0 Å². The van der Waals surface area contributed by atoms with Gasteiger partial charge in [0.25, 0.3) is 0 Å². The van der Waals surface area contributed by atoms with Gasteiger partial charge in [0.15, 0.2) is 28.8 Å². The van der Waals surface area contributed by atoms with E-state index in [2.05, 4.69) is 12.2 Å². The van der Waals surface area contributed by atoms with Crippen molar-refractivity contribution in [2.75, 3.05) is 0 Å². The topological polar surface area (TPSA) is 124 Å². The van der Waals surface area contributed by atoms with Crippen LogP contribution in [0.1, 0.15) is 127 Å². The Morgan fingerprint density at radius 2 is 1.17 bits per heavy atom. The van der Waals surface area contributed by atoms with Crippen LogP contribution in [-0.4, -0.2) is 34.4 Å². The molecule has 2 fully saturated rings. The van der Waals surface area contributed by atoms with Gasteiger partial charge in [-0.2, -0.15) is 0 Å². The van der Waals surface area contributed by atoms with E-state index in [0.717, 1.165) is 22.3 Å². The lowest BCUT2D eigenvalue weighted by molar-refractivity contribution is -0.178. The van der Waals surface area contributed by atoms with Gasteiger partial charge in [-0.3, -0.25) is 14.4 Å². The smallest absolute Gasteiger partial charge is 0.343 e. The molecule has 0 radical (unpaired) electrons. The number of ketones is 3. The molecule has 5 rings (SSSR count). The number of Topliss-reactive ketones (excluding diaryl/α,β-unsaturated/α-hetero) is 3. The summed E-state index contributed by atoms with van der Waals surface area (Å²) in [6.07, 6.45) is 10.0. The molecular formula is C52H58O8. The Kier molecular flexibility index (Phi) is 14.0. The molecule has 2 bridgehead atoms. The summed E-state index contributed by atoms with van der Waals surface area (Å²) in [4.78, 5) is 73.3. The SMILES string of the molecule is CC(C)=CCC[C@]1(C)[C@@H](CC=C(C)C)C[C@@]2(CC=C(C)C)C(=O)C(=C(O)c3ccc(OC(=O)c4ccccc4)c(OC(=O)c4ccccc4)c3)C(=O)[C@]1(CC=C(C)C)C2=O. The van der Waals surface area contributed by atoms with Crippen molar-refractivity contribution in [3.05, 3.63) is 148 Å². The Bertz CT molecular complexity index is 2310. The first-order chi connectivity index (χ1) is 28.4. The molecule has 1 N–H and O–H groups in total. The molecule has 0 unspecified atom stereocenters. The molecule has 314 valence electrons. The van der Waals surface area contributed by atoms with E-state index in [9.17, 15) is 14.7 Å². The van der Waals surface area contributed by atoms with Crippen LogP contribution in [-0.2, 0) is 14.4 Å². The summed E-state index contributed by atoms with van der Waals surface area (Å²) in [7, 11) is 0. The minimum absolute atomic E-state index is 0.0310. The monoisotopic (exact) mass is 810 g/mol. The summed E-state index contributed by atoms with van der Waals surface area (Å²) >= 11 is 0. The summed E-state index contributed by atoms with van der Waals surface area (Å²) in [5.74, 6) is -4.55. The minimum atomic E-state index is -1.71. The fraction of sp³-hybridized carbons (Fsp3) is 0.365. The molecule has 2 saturated carbocycles. The molecule has 0 amide bonds. The van der Waals surface area contributed by atoms with Crippen LogP contribution >= 0.6 is 0 Å². The summed E-state index contributed by atoms with van der Waals surface area (Å²) < 4.78 is 11.5. The number of aliphatic hydroxyl groups excluding tert-OH is 1. The van der Waals surface area contributed by atoms with E-state index in [1.165, 1.54) is 18.2 Å². The number of ether oxygens (including phenoxy) is 2. The molecule has 0 spiro atoms. The van der Waals surface area contributed by atoms with Crippen LogP contribution in [0, 0.1) is 22.2 Å². The Morgan fingerprint density at radius 3 is 1.70 bits per heavy atom. The van der Waals surface area contributed by atoms with Crippen molar-refractivity contribution in [3.8, 4) is 11.5 Å². The average Bonchev–Trinajstić information content (AvgIpc) is 3.20. The second-order valence-electron chi connectivity index (χ2n) is 17.5. The van der Waals surface area contributed by atoms with E-state index in [0.29, 0.717) is 19.3 Å². The van der Waals surface area contributed by atoms with E-state index in [-0.39, 0.29) is 53.4 Å². The Labute approximate surface area is 354 Å². The van der Waals surface area contributed by atoms with Crippen molar-refractivity contribution in [3.63, 3.8) is 0 Å². The van der Waals surface area contributed by atoms with E-state index in [1.54, 1.807) is 60.7 Å². The molecule has 0 saturated heterocycles. The molecule has 60 heavy (non-hydrogen) atoms. The van der Waals surface area contributed by atoms with Gasteiger partial charge < -0.3 is 14.6 Å². The number of carbonyl (C=O) groups is 5. The lowest BCUT2D eigenvalue weighted by atomic mass is 9.37. The van der Waals surface area contributed by atoms with Gasteiger partial charge in [-0.1, -0.05) is 89.9 Å². The highest BCUT2D eigenvalue weighted by atomic mass is 16.6. The molecule has 2 aliphatic rings. The number of carbonyl (C=O) groups excluding carboxylic acids is 5. The van der Waals surface area contributed by atoms with Crippen molar-refractivity contribution >= 4 is 35.0 Å². The van der Waals surface area contributed by atoms with Crippen molar-refractivity contribution in [1.29, 1.82) is 0 Å². The van der Waals surface area contributed by atoms with Crippen LogP contribution in [0.4, 0.5) is 0 Å². The summed E-state index contributed by atoms with van der Waals surface area (Å²) in [6, 6.07) is 20.5. The zero-order chi connectivity index (χ0) is 44.0. The highest BCUT2D eigenvalue weighted by Crippen LogP contribution is 2.67. The first-order valence-electron chi connectivity index (χ1n) is 20.7. The molecular weight excluding hydrogens is 753 g/mol. The van der Waals surface area contributed by atoms with Gasteiger partial charge in [-0.15, -0.1) is 0 Å². The zero-order valence-corrected chi connectivity index (χ0v) is 36.4. The number of esters is 2. The summed E-state index contributed by atoms with van der Waals surface area (Å²) in [5, 5.41) is 12.4. The number of rotatable bonds is 14. The highest BCUT2D eigenvalue weighted by Gasteiger charge is 2.74. The van der Waals surface area contributed by atoms with Crippen LogP contribution in [0.3, 0.4) is 0 Å². The number of allylic oxidation sites excluding steroid dienone is 9. The normalized spacial score (nSPS) is 22.9. The van der Waals surface area contributed by atoms with Gasteiger partial charge in [-0.25, -0.2) is 9.59 Å². The maximum Gasteiger partial charge on any atom is 0.343 e. The molecule has 8 heteroatoms. The quantitative estimate of drug-likeness (QED) is 0.0325. The fourth-order valence-electron chi connectivity index (χ4n) is 8.74. The molecule has 2 aliphatic carbocycles. The lowest BCUT2D eigenvalue weighted by Gasteiger charge is -2.61. The predicted octanol–water partition coefficient (Wildman–Crippen LogP) is 11.9. The third-order valence-corrected chi connectivity index (χ3v) is 12.1. The second-order valence-corrected chi connectivity index (χ2v) is 17.5. The Morgan fingerprint density at radius 1 is 0.650 bits per heavy atom. The van der Waals surface area contributed by atoms with Crippen LogP contribution < -0.4 is 9.47 Å². The third-order valence-electron chi connectivity index (χ3n) is 12.1. The molecule has 8 nitrogen and oxygen atoms in total. The van der Waals surface area contributed by atoms with Crippen LogP contribution in [0.5, 0.6) is 11.5 Å². The largest absolute Gasteiger partial charge is 0.506 e. The molecule has 0 aromatic heterocycles. The summed E-state index contributed by atoms with van der Waals surface area (Å²) in [5.41, 5.74) is -0.276. The molecule has 3 aromatic carbocycles. The number of fused-ring (bicyclic) bond motifs is 2. The van der Waals surface area contributed by atoms with Crippen molar-refractivity contribution in [2.24, 2.45) is 22.2 Å². The number of hydrogen-bond donors (Lipinski definition) is 1. The van der Waals surface area contributed by atoms with Gasteiger partial charge in [0.2, 0.25) is 0 Å². The predicted molar refractivity (Wildman–Crippen MR) is 236 cm³/mol. The first kappa shape index (κ1) is 45.2. The fourth-order valence-corrected chi connectivity index (χ4v) is 8.74. The van der Waals surface area contributed by atoms with Gasteiger partial charge >= 0.3 is 11.9 Å². The van der Waals surface area contributed by atoms with Crippen LogP contribution in [0.15, 0.2) is 131 Å². The van der Waals surface area contributed by atoms with Crippen molar-refractivity contribution in [1.82, 2.24) is 0 Å². The van der Waals surface area contributed by atoms with E-state index >= 15 is 14.4 Å². The minimum Gasteiger partial charge on any atom is -0.506 e. The van der Waals surface area contributed by atoms with Gasteiger partial charge in [0.1, 0.15) is 16.7 Å². The van der Waals surface area contributed by atoms with Crippen molar-refractivity contribution in [2.45, 2.75) is 101 Å². The molecule has 0 aliphatic heterocycles. The highest BCUT2D eigenvalue weighted by molar-refractivity contribution is 6.41. The molecule has 4 atom stereocenters. The number of benzene rings is 3. The van der Waals surface area contributed by atoms with Crippen LogP contribution in [0.25, 0.3) is 5.76 Å². The summed E-state index contributed by atoms with van der Waals surface area (Å²) in [6.45, 7) is 17.7. The zero-order valence-electron chi connectivity index (χ0n) is 36.4. The lowest BCUT2D eigenvalue weighted by Crippen LogP contribution is -2.70. The van der Waals surface area contributed by atoms with Gasteiger partial charge in [-0.05, 0) is 148 Å². The number of hydrogen-bond acceptors (Lipinski definition) is 8. The van der Waals surface area contributed by atoms with E-state index in [1.807, 2.05) is 74.5 Å². The van der Waals surface area contributed by atoms with E-state index in [4.69, 9.17) is 9.47 Å². The maximum absolute atomic E-state index is 15.7. The van der Waals surface area contributed by atoms with Crippen molar-refractivity contribution < 1.29 is 38.6 Å². The first-order valence-corrected chi connectivity index (χ1v) is 20.7. The molecule has 3 aromatic rings. The van der Waals surface area contributed by atoms with Gasteiger partial charge in [0.05, 0.1) is 16.5 Å². The Hall–Kier alpha value is -5.89. The number of aliphatic hydroxyl groups is 1. The third kappa shape index (κ3) is 8.98. The van der Waals surface area contributed by atoms with Gasteiger partial charge in [0, 0.05) is 5.56 Å². The average molecular weight is 811 g/mol. The Balaban J connectivity index is 1.79.